The smallest absolute Gasteiger partial charge is 0.251 e. The first-order valence-electron chi connectivity index (χ1n) is 6.06. The Labute approximate surface area is 102 Å². The maximum atomic E-state index is 11.9. The van der Waals surface area contributed by atoms with Gasteiger partial charge in [0, 0.05) is 12.1 Å². The Hall–Kier alpha value is -1.35. The minimum atomic E-state index is -0.764. The molecule has 0 aromatic heterocycles. The highest BCUT2D eigenvalue weighted by Crippen LogP contribution is 2.38. The van der Waals surface area contributed by atoms with Gasteiger partial charge in [-0.3, -0.25) is 4.79 Å². The van der Waals surface area contributed by atoms with E-state index in [1.807, 2.05) is 25.1 Å². The first kappa shape index (κ1) is 12.1. The van der Waals surface area contributed by atoms with Crippen LogP contribution in [0.4, 0.5) is 0 Å². The van der Waals surface area contributed by atoms with Crippen molar-refractivity contribution in [2.75, 3.05) is 6.54 Å². The molecule has 1 aliphatic carbocycles. The highest BCUT2D eigenvalue weighted by atomic mass is 16.3. The zero-order chi connectivity index (χ0) is 12.5. The van der Waals surface area contributed by atoms with Crippen molar-refractivity contribution in [3.05, 3.63) is 35.4 Å². The number of carbonyl (C=O) groups is 1. The van der Waals surface area contributed by atoms with Crippen molar-refractivity contribution in [1.29, 1.82) is 0 Å². The molecule has 2 rings (SSSR count). The van der Waals surface area contributed by atoms with E-state index in [2.05, 4.69) is 5.32 Å². The lowest BCUT2D eigenvalue weighted by Gasteiger charge is -2.23. The number of aryl methyl sites for hydroxylation is 1. The van der Waals surface area contributed by atoms with Crippen molar-refractivity contribution in [3.8, 4) is 0 Å². The van der Waals surface area contributed by atoms with Crippen LogP contribution in [0, 0.1) is 12.8 Å². The molecule has 92 valence electrons. The fourth-order valence-electron chi connectivity index (χ4n) is 2.00. The fourth-order valence-corrected chi connectivity index (χ4v) is 2.00. The molecule has 1 saturated carbocycles. The van der Waals surface area contributed by atoms with Crippen LogP contribution < -0.4 is 5.32 Å². The van der Waals surface area contributed by atoms with Crippen molar-refractivity contribution in [2.45, 2.75) is 32.3 Å². The molecule has 1 unspecified atom stereocenters. The van der Waals surface area contributed by atoms with Crippen LogP contribution in [-0.2, 0) is 0 Å². The monoisotopic (exact) mass is 233 g/mol. The summed E-state index contributed by atoms with van der Waals surface area (Å²) in [6.07, 6.45) is 2.13. The predicted octanol–water partition coefficient (Wildman–Crippen LogP) is 1.89. The van der Waals surface area contributed by atoms with Crippen LogP contribution in [0.2, 0.25) is 0 Å². The molecule has 0 aliphatic heterocycles. The summed E-state index contributed by atoms with van der Waals surface area (Å²) in [6, 6.07) is 7.45. The molecule has 2 N–H and O–H groups in total. The van der Waals surface area contributed by atoms with Gasteiger partial charge in [0.25, 0.3) is 5.91 Å². The van der Waals surface area contributed by atoms with Crippen LogP contribution in [-0.4, -0.2) is 23.2 Å². The van der Waals surface area contributed by atoms with Gasteiger partial charge in [-0.15, -0.1) is 0 Å². The highest BCUT2D eigenvalue weighted by molar-refractivity contribution is 5.94. The van der Waals surface area contributed by atoms with Crippen molar-refractivity contribution < 1.29 is 9.90 Å². The molecular formula is C14H19NO2. The number of rotatable bonds is 4. The normalized spacial score (nSPS) is 18.5. The second-order valence-electron chi connectivity index (χ2n) is 5.18. The van der Waals surface area contributed by atoms with Crippen LogP contribution in [0.3, 0.4) is 0 Å². The van der Waals surface area contributed by atoms with Gasteiger partial charge in [0.05, 0.1) is 5.60 Å². The van der Waals surface area contributed by atoms with Gasteiger partial charge in [-0.2, -0.15) is 0 Å². The van der Waals surface area contributed by atoms with Crippen molar-refractivity contribution >= 4 is 5.91 Å². The van der Waals surface area contributed by atoms with Gasteiger partial charge in [0.1, 0.15) is 0 Å². The van der Waals surface area contributed by atoms with Gasteiger partial charge in [0.15, 0.2) is 0 Å². The van der Waals surface area contributed by atoms with Crippen LogP contribution in [0.15, 0.2) is 24.3 Å². The zero-order valence-electron chi connectivity index (χ0n) is 10.4. The molecule has 1 fully saturated rings. The van der Waals surface area contributed by atoms with E-state index < -0.39 is 5.60 Å². The third-order valence-electron chi connectivity index (χ3n) is 3.34. The van der Waals surface area contributed by atoms with Gasteiger partial charge in [-0.1, -0.05) is 17.7 Å². The van der Waals surface area contributed by atoms with Crippen LogP contribution in [0.25, 0.3) is 0 Å². The Balaban J connectivity index is 1.93. The quantitative estimate of drug-likeness (QED) is 0.834. The average Bonchev–Trinajstić information content (AvgIpc) is 3.10. The number of nitrogens with one attached hydrogen (secondary N) is 1. The van der Waals surface area contributed by atoms with Crippen LogP contribution >= 0.6 is 0 Å². The van der Waals surface area contributed by atoms with Gasteiger partial charge >= 0.3 is 0 Å². The van der Waals surface area contributed by atoms with Crippen LogP contribution in [0.1, 0.15) is 35.7 Å². The largest absolute Gasteiger partial charge is 0.388 e. The minimum absolute atomic E-state index is 0.116. The standard InChI is InChI=1S/C14H19NO2/c1-10-4-3-5-11(8-10)13(16)15-9-14(2,17)12-6-7-12/h3-5,8,12,17H,6-7,9H2,1-2H3,(H,15,16). The Bertz CT molecular complexity index is 422. The van der Waals surface area contributed by atoms with E-state index in [-0.39, 0.29) is 5.91 Å². The lowest BCUT2D eigenvalue weighted by Crippen LogP contribution is -2.42. The molecule has 0 saturated heterocycles. The van der Waals surface area contributed by atoms with E-state index in [4.69, 9.17) is 0 Å². The molecule has 0 spiro atoms. The van der Waals surface area contributed by atoms with E-state index >= 15 is 0 Å². The van der Waals surface area contributed by atoms with E-state index in [0.29, 0.717) is 18.0 Å². The summed E-state index contributed by atoms with van der Waals surface area (Å²) in [5.74, 6) is 0.231. The minimum Gasteiger partial charge on any atom is -0.388 e. The third-order valence-corrected chi connectivity index (χ3v) is 3.34. The number of aliphatic hydroxyl groups is 1. The second-order valence-corrected chi connectivity index (χ2v) is 5.18. The number of hydrogen-bond acceptors (Lipinski definition) is 2. The maximum Gasteiger partial charge on any atom is 0.251 e. The summed E-state index contributed by atoms with van der Waals surface area (Å²) in [5.41, 5.74) is 0.947. The first-order chi connectivity index (χ1) is 7.99. The van der Waals surface area contributed by atoms with Crippen molar-refractivity contribution in [1.82, 2.24) is 5.32 Å². The van der Waals surface area contributed by atoms with Gasteiger partial charge < -0.3 is 10.4 Å². The first-order valence-corrected chi connectivity index (χ1v) is 6.06. The Morgan fingerprint density at radius 3 is 2.82 bits per heavy atom. The summed E-state index contributed by atoms with van der Waals surface area (Å²) in [5, 5.41) is 12.9. The SMILES string of the molecule is Cc1cccc(C(=O)NCC(C)(O)C2CC2)c1. The lowest BCUT2D eigenvalue weighted by atomic mass is 10.0. The molecule has 1 aromatic rings. The molecule has 0 radical (unpaired) electrons. The number of carbonyl (C=O) groups excluding carboxylic acids is 1. The van der Waals surface area contributed by atoms with Gasteiger partial charge in [-0.05, 0) is 44.7 Å². The molecule has 1 aliphatic rings. The van der Waals surface area contributed by atoms with Crippen molar-refractivity contribution in [3.63, 3.8) is 0 Å². The average molecular weight is 233 g/mol. The van der Waals surface area contributed by atoms with E-state index in [9.17, 15) is 9.90 Å². The van der Waals surface area contributed by atoms with E-state index in [0.717, 1.165) is 18.4 Å². The molecule has 0 bridgehead atoms. The molecule has 17 heavy (non-hydrogen) atoms. The van der Waals surface area contributed by atoms with E-state index in [1.54, 1.807) is 13.0 Å². The summed E-state index contributed by atoms with van der Waals surface area (Å²) < 4.78 is 0. The van der Waals surface area contributed by atoms with Gasteiger partial charge in [0.2, 0.25) is 0 Å². The lowest BCUT2D eigenvalue weighted by molar-refractivity contribution is 0.0354. The number of hydrogen-bond donors (Lipinski definition) is 2. The predicted molar refractivity (Wildman–Crippen MR) is 66.9 cm³/mol. The molecule has 3 nitrogen and oxygen atoms in total. The molecule has 0 heterocycles. The fraction of sp³-hybridized carbons (Fsp3) is 0.500. The zero-order valence-corrected chi connectivity index (χ0v) is 10.4. The molecule has 1 atom stereocenters. The topological polar surface area (TPSA) is 49.3 Å². The Morgan fingerprint density at radius 2 is 2.24 bits per heavy atom. The second kappa shape index (κ2) is 4.49. The van der Waals surface area contributed by atoms with Gasteiger partial charge in [-0.25, -0.2) is 0 Å². The Morgan fingerprint density at radius 1 is 1.53 bits per heavy atom. The Kier molecular flexibility index (Phi) is 3.20. The molecule has 3 heteroatoms. The van der Waals surface area contributed by atoms with Crippen LogP contribution in [0.5, 0.6) is 0 Å². The summed E-state index contributed by atoms with van der Waals surface area (Å²) in [4.78, 5) is 11.9. The number of benzene rings is 1. The summed E-state index contributed by atoms with van der Waals surface area (Å²) in [6.45, 7) is 4.07. The van der Waals surface area contributed by atoms with Crippen molar-refractivity contribution in [2.24, 2.45) is 5.92 Å². The molecule has 1 amide bonds. The maximum absolute atomic E-state index is 11.9. The highest BCUT2D eigenvalue weighted by Gasteiger charge is 2.39. The molecule has 1 aromatic carbocycles. The number of amides is 1. The summed E-state index contributed by atoms with van der Waals surface area (Å²) >= 11 is 0. The third kappa shape index (κ3) is 3.07. The van der Waals surface area contributed by atoms with E-state index in [1.165, 1.54) is 0 Å². The molecular weight excluding hydrogens is 214 g/mol. The summed E-state index contributed by atoms with van der Waals surface area (Å²) in [7, 11) is 0.